The van der Waals surface area contributed by atoms with Crippen LogP contribution in [0.5, 0.6) is 11.5 Å². The van der Waals surface area contributed by atoms with Crippen molar-refractivity contribution in [3.8, 4) is 17.6 Å². The number of rotatable bonds is 7. The smallest absolute Gasteiger partial charge is 0.255 e. The number of hydrogen-bond acceptors (Lipinski definition) is 6. The number of methoxy groups -OCH3 is 2. The zero-order valence-corrected chi connectivity index (χ0v) is 16.7. The number of ether oxygens (including phenoxy) is 2. The van der Waals surface area contributed by atoms with E-state index in [4.69, 9.17) is 20.5 Å². The summed E-state index contributed by atoms with van der Waals surface area (Å²) in [4.78, 5) is 12.5. The number of benzene rings is 3. The fourth-order valence-electron chi connectivity index (χ4n) is 2.85. The van der Waals surface area contributed by atoms with Gasteiger partial charge in [-0.3, -0.25) is 4.79 Å². The Hall–Kier alpha value is -4.18. The zero-order chi connectivity index (χ0) is 21.5. The molecule has 0 fully saturated rings. The monoisotopic (exact) mass is 402 g/mol. The van der Waals surface area contributed by atoms with Crippen molar-refractivity contribution in [2.45, 2.75) is 6.54 Å². The Labute approximate surface area is 175 Å². The lowest BCUT2D eigenvalue weighted by molar-refractivity contribution is 0.102. The first-order valence-electron chi connectivity index (χ1n) is 9.20. The second kappa shape index (κ2) is 9.34. The molecule has 7 nitrogen and oxygen atoms in total. The van der Waals surface area contributed by atoms with Crippen LogP contribution in [0.15, 0.2) is 60.7 Å². The van der Waals surface area contributed by atoms with Crippen molar-refractivity contribution < 1.29 is 14.3 Å². The van der Waals surface area contributed by atoms with E-state index in [2.05, 4.69) is 10.6 Å². The Morgan fingerprint density at radius 2 is 1.73 bits per heavy atom. The minimum absolute atomic E-state index is 0.295. The summed E-state index contributed by atoms with van der Waals surface area (Å²) in [7, 11) is 3.19. The number of nitrogens with two attached hydrogens (primary N) is 1. The summed E-state index contributed by atoms with van der Waals surface area (Å²) < 4.78 is 10.5. The van der Waals surface area contributed by atoms with E-state index in [-0.39, 0.29) is 5.91 Å². The van der Waals surface area contributed by atoms with Crippen LogP contribution in [0.2, 0.25) is 0 Å². The fraction of sp³-hybridized carbons (Fsp3) is 0.130. The average Bonchev–Trinajstić information content (AvgIpc) is 2.79. The normalized spacial score (nSPS) is 10.0. The molecule has 152 valence electrons. The lowest BCUT2D eigenvalue weighted by Gasteiger charge is -2.12. The number of nitrogens with zero attached hydrogens (tertiary/aromatic N) is 1. The molecule has 3 aromatic carbocycles. The molecule has 0 radical (unpaired) electrons. The number of nitrogen functional groups attached to an aromatic ring is 1. The fourth-order valence-corrected chi connectivity index (χ4v) is 2.85. The predicted molar refractivity (Wildman–Crippen MR) is 117 cm³/mol. The van der Waals surface area contributed by atoms with Crippen LogP contribution in [0.25, 0.3) is 0 Å². The summed E-state index contributed by atoms with van der Waals surface area (Å²) >= 11 is 0. The summed E-state index contributed by atoms with van der Waals surface area (Å²) in [5, 5.41) is 15.1. The number of anilines is 3. The molecule has 0 unspecified atom stereocenters. The standard InChI is InChI=1S/C23H22N4O3/c1-29-21-10-8-18(12-22(21)30-2)26-14-15-3-6-17(7-4-15)23(28)27-20-11-16(13-24)5-9-19(20)25/h3-12,26H,14,25H2,1-2H3,(H,27,28). The van der Waals surface area contributed by atoms with Crippen molar-refractivity contribution in [1.29, 1.82) is 5.26 Å². The number of amides is 1. The van der Waals surface area contributed by atoms with Gasteiger partial charge in [-0.05, 0) is 48.0 Å². The molecule has 4 N–H and O–H groups in total. The van der Waals surface area contributed by atoms with Gasteiger partial charge in [0.1, 0.15) is 0 Å². The van der Waals surface area contributed by atoms with Gasteiger partial charge in [0.15, 0.2) is 11.5 Å². The molecule has 3 rings (SSSR count). The largest absolute Gasteiger partial charge is 0.493 e. The van der Waals surface area contributed by atoms with E-state index >= 15 is 0 Å². The van der Waals surface area contributed by atoms with Crippen molar-refractivity contribution >= 4 is 23.0 Å². The Bertz CT molecular complexity index is 1090. The number of carbonyl (C=O) groups is 1. The number of nitriles is 1. The molecule has 0 atom stereocenters. The van der Waals surface area contributed by atoms with E-state index in [0.717, 1.165) is 11.3 Å². The van der Waals surface area contributed by atoms with Crippen molar-refractivity contribution in [3.05, 3.63) is 77.4 Å². The quantitative estimate of drug-likeness (QED) is 0.515. The third-order valence-electron chi connectivity index (χ3n) is 4.53. The highest BCUT2D eigenvalue weighted by Gasteiger charge is 2.09. The molecule has 0 aromatic heterocycles. The van der Waals surface area contributed by atoms with Gasteiger partial charge in [0, 0.05) is 23.9 Å². The van der Waals surface area contributed by atoms with Gasteiger partial charge >= 0.3 is 0 Å². The Kier molecular flexibility index (Phi) is 6.40. The third-order valence-corrected chi connectivity index (χ3v) is 4.53. The minimum atomic E-state index is -0.295. The molecule has 30 heavy (non-hydrogen) atoms. The maximum atomic E-state index is 12.5. The number of hydrogen-bond donors (Lipinski definition) is 3. The van der Waals surface area contributed by atoms with E-state index in [1.54, 1.807) is 44.6 Å². The molecule has 0 saturated heterocycles. The summed E-state index contributed by atoms with van der Waals surface area (Å²) in [6, 6.07) is 19.6. The first-order chi connectivity index (χ1) is 14.5. The van der Waals surface area contributed by atoms with Gasteiger partial charge in [-0.25, -0.2) is 0 Å². The maximum Gasteiger partial charge on any atom is 0.255 e. The summed E-state index contributed by atoms with van der Waals surface area (Å²) in [5.41, 5.74) is 9.51. The Balaban J connectivity index is 1.64. The molecule has 1 amide bonds. The number of carbonyl (C=O) groups excluding carboxylic acids is 1. The van der Waals surface area contributed by atoms with Crippen LogP contribution in [0.3, 0.4) is 0 Å². The van der Waals surface area contributed by atoms with Gasteiger partial charge in [0.2, 0.25) is 0 Å². The zero-order valence-electron chi connectivity index (χ0n) is 16.7. The van der Waals surface area contributed by atoms with Gasteiger partial charge in [-0.2, -0.15) is 5.26 Å². The van der Waals surface area contributed by atoms with Crippen LogP contribution in [-0.4, -0.2) is 20.1 Å². The highest BCUT2D eigenvalue weighted by molar-refractivity contribution is 6.05. The van der Waals surface area contributed by atoms with E-state index in [9.17, 15) is 4.79 Å². The minimum Gasteiger partial charge on any atom is -0.493 e. The molecule has 0 heterocycles. The van der Waals surface area contributed by atoms with Crippen molar-refractivity contribution in [1.82, 2.24) is 0 Å². The van der Waals surface area contributed by atoms with E-state index in [0.29, 0.717) is 40.5 Å². The predicted octanol–water partition coefficient (Wildman–Crippen LogP) is 4.02. The first kappa shape index (κ1) is 20.6. The molecule has 0 aliphatic heterocycles. The average molecular weight is 402 g/mol. The molecular weight excluding hydrogens is 380 g/mol. The van der Waals surface area contributed by atoms with Crippen LogP contribution in [0.1, 0.15) is 21.5 Å². The first-order valence-corrected chi connectivity index (χ1v) is 9.20. The van der Waals surface area contributed by atoms with E-state index in [1.807, 2.05) is 36.4 Å². The molecule has 0 aliphatic carbocycles. The van der Waals surface area contributed by atoms with Gasteiger partial charge in [-0.15, -0.1) is 0 Å². The SMILES string of the molecule is COc1ccc(NCc2ccc(C(=O)Nc3cc(C#N)ccc3N)cc2)cc1OC. The Morgan fingerprint density at radius 1 is 1.00 bits per heavy atom. The van der Waals surface area contributed by atoms with Gasteiger partial charge < -0.3 is 25.8 Å². The molecule has 0 saturated carbocycles. The number of nitrogens with one attached hydrogen (secondary N) is 2. The summed E-state index contributed by atoms with van der Waals surface area (Å²) in [6.07, 6.45) is 0. The van der Waals surface area contributed by atoms with E-state index in [1.165, 1.54) is 0 Å². The molecule has 3 aromatic rings. The second-order valence-corrected chi connectivity index (χ2v) is 6.49. The molecule has 0 aliphatic rings. The third kappa shape index (κ3) is 4.80. The van der Waals surface area contributed by atoms with Gasteiger partial charge in [-0.1, -0.05) is 12.1 Å². The highest BCUT2D eigenvalue weighted by atomic mass is 16.5. The van der Waals surface area contributed by atoms with Crippen molar-refractivity contribution in [3.63, 3.8) is 0 Å². The molecule has 7 heteroatoms. The summed E-state index contributed by atoms with van der Waals surface area (Å²) in [5.74, 6) is 1.02. The van der Waals surface area contributed by atoms with Crippen molar-refractivity contribution in [2.75, 3.05) is 30.6 Å². The second-order valence-electron chi connectivity index (χ2n) is 6.49. The van der Waals surface area contributed by atoms with Gasteiger partial charge in [0.25, 0.3) is 5.91 Å². The lowest BCUT2D eigenvalue weighted by Crippen LogP contribution is -2.13. The molecular formula is C23H22N4O3. The topological polar surface area (TPSA) is 109 Å². The Morgan fingerprint density at radius 3 is 2.40 bits per heavy atom. The molecule has 0 bridgehead atoms. The lowest BCUT2D eigenvalue weighted by atomic mass is 10.1. The van der Waals surface area contributed by atoms with Crippen molar-refractivity contribution in [2.24, 2.45) is 0 Å². The van der Waals surface area contributed by atoms with E-state index < -0.39 is 0 Å². The van der Waals surface area contributed by atoms with Gasteiger partial charge in [0.05, 0.1) is 37.2 Å². The van der Waals surface area contributed by atoms with Crippen LogP contribution in [0.4, 0.5) is 17.1 Å². The molecule has 0 spiro atoms. The van der Waals surface area contributed by atoms with Crippen LogP contribution in [-0.2, 0) is 6.54 Å². The van der Waals surface area contributed by atoms with Crippen LogP contribution >= 0.6 is 0 Å². The maximum absolute atomic E-state index is 12.5. The summed E-state index contributed by atoms with van der Waals surface area (Å²) in [6.45, 7) is 0.578. The highest BCUT2D eigenvalue weighted by Crippen LogP contribution is 2.30. The van der Waals surface area contributed by atoms with Crippen LogP contribution < -0.4 is 25.8 Å². The van der Waals surface area contributed by atoms with Crippen LogP contribution in [0, 0.1) is 11.3 Å².